The fraction of sp³-hybridized carbons (Fsp3) is 0.250. The van der Waals surface area contributed by atoms with Crippen LogP contribution in [-0.4, -0.2) is 5.11 Å². The number of rotatable bonds is 5. The van der Waals surface area contributed by atoms with Gasteiger partial charge in [-0.15, -0.1) is 0 Å². The molecular formula is C20H21NO3. The Morgan fingerprint density at radius 3 is 2.58 bits per heavy atom. The van der Waals surface area contributed by atoms with Crippen LogP contribution < -0.4 is 10.9 Å². The lowest BCUT2D eigenvalue weighted by molar-refractivity contribution is 0.466. The molecule has 1 aromatic heterocycles. The Kier molecular flexibility index (Phi) is 4.67. The van der Waals surface area contributed by atoms with Crippen molar-refractivity contribution in [3.8, 4) is 5.75 Å². The monoisotopic (exact) mass is 323 g/mol. The van der Waals surface area contributed by atoms with E-state index < -0.39 is 5.63 Å². The third-order valence-corrected chi connectivity index (χ3v) is 4.31. The van der Waals surface area contributed by atoms with E-state index in [1.165, 1.54) is 17.7 Å². The first-order valence-corrected chi connectivity index (χ1v) is 8.15. The van der Waals surface area contributed by atoms with E-state index in [-0.39, 0.29) is 11.8 Å². The average Bonchev–Trinajstić information content (AvgIpc) is 2.59. The highest BCUT2D eigenvalue weighted by Crippen LogP contribution is 2.27. The van der Waals surface area contributed by atoms with Crippen LogP contribution in [0.15, 0.2) is 57.7 Å². The standard InChI is InChI=1S/C20H21NO3/c1-3-14-9-17-16(10-20(23)24-19(17)11-18(14)22)12-21-13(2)15-7-5-4-6-8-15/h4-11,13,21-22H,3,12H2,1-2H3/t13-/m0/s1. The van der Waals surface area contributed by atoms with Crippen LogP contribution in [0.25, 0.3) is 11.0 Å². The molecule has 0 amide bonds. The van der Waals surface area contributed by atoms with Gasteiger partial charge < -0.3 is 14.8 Å². The lowest BCUT2D eigenvalue weighted by Crippen LogP contribution is -2.19. The molecule has 4 nitrogen and oxygen atoms in total. The molecule has 1 heterocycles. The summed E-state index contributed by atoms with van der Waals surface area (Å²) in [6, 6.07) is 15.3. The fourth-order valence-corrected chi connectivity index (χ4v) is 2.86. The highest BCUT2D eigenvalue weighted by atomic mass is 16.4. The predicted octanol–water partition coefficient (Wildman–Crippen LogP) is 3.91. The van der Waals surface area contributed by atoms with Gasteiger partial charge in [0.15, 0.2) is 0 Å². The second-order valence-electron chi connectivity index (χ2n) is 5.93. The molecule has 3 rings (SSSR count). The first-order valence-electron chi connectivity index (χ1n) is 8.15. The van der Waals surface area contributed by atoms with Crippen molar-refractivity contribution in [3.05, 3.63) is 75.6 Å². The van der Waals surface area contributed by atoms with Gasteiger partial charge in [0.25, 0.3) is 0 Å². The molecule has 0 aliphatic carbocycles. The Morgan fingerprint density at radius 1 is 1.12 bits per heavy atom. The van der Waals surface area contributed by atoms with E-state index in [4.69, 9.17) is 4.42 Å². The van der Waals surface area contributed by atoms with Crippen LogP contribution in [0.2, 0.25) is 0 Å². The van der Waals surface area contributed by atoms with Crippen LogP contribution in [0, 0.1) is 0 Å². The average molecular weight is 323 g/mol. The molecule has 124 valence electrons. The van der Waals surface area contributed by atoms with Crippen molar-refractivity contribution >= 4 is 11.0 Å². The Morgan fingerprint density at radius 2 is 1.88 bits per heavy atom. The van der Waals surface area contributed by atoms with Gasteiger partial charge in [-0.1, -0.05) is 37.3 Å². The smallest absolute Gasteiger partial charge is 0.336 e. The zero-order valence-electron chi connectivity index (χ0n) is 13.9. The largest absolute Gasteiger partial charge is 0.508 e. The van der Waals surface area contributed by atoms with Gasteiger partial charge in [-0.25, -0.2) is 4.79 Å². The van der Waals surface area contributed by atoms with Gasteiger partial charge in [0.1, 0.15) is 11.3 Å². The molecule has 0 radical (unpaired) electrons. The van der Waals surface area contributed by atoms with Crippen molar-refractivity contribution in [3.63, 3.8) is 0 Å². The van der Waals surface area contributed by atoms with Gasteiger partial charge in [-0.2, -0.15) is 0 Å². The zero-order valence-corrected chi connectivity index (χ0v) is 13.9. The number of phenolic OH excluding ortho intramolecular Hbond substituents is 1. The summed E-state index contributed by atoms with van der Waals surface area (Å²) in [6.45, 7) is 4.62. The minimum atomic E-state index is -0.407. The summed E-state index contributed by atoms with van der Waals surface area (Å²) >= 11 is 0. The second-order valence-corrected chi connectivity index (χ2v) is 5.93. The van der Waals surface area contributed by atoms with Gasteiger partial charge in [0.2, 0.25) is 0 Å². The summed E-state index contributed by atoms with van der Waals surface area (Å²) < 4.78 is 5.23. The maximum Gasteiger partial charge on any atom is 0.336 e. The maximum absolute atomic E-state index is 11.8. The van der Waals surface area contributed by atoms with Crippen molar-refractivity contribution in [2.45, 2.75) is 32.9 Å². The molecule has 0 unspecified atom stereocenters. The quantitative estimate of drug-likeness (QED) is 0.699. The Bertz CT molecular complexity index is 900. The van der Waals surface area contributed by atoms with E-state index in [0.717, 1.165) is 16.5 Å². The van der Waals surface area contributed by atoms with Gasteiger partial charge in [-0.05, 0) is 36.1 Å². The molecular weight excluding hydrogens is 302 g/mol. The molecule has 0 spiro atoms. The number of aryl methyl sites for hydroxylation is 1. The Labute approximate surface area is 140 Å². The number of phenols is 1. The van der Waals surface area contributed by atoms with Gasteiger partial charge in [-0.3, -0.25) is 0 Å². The Balaban J connectivity index is 1.92. The van der Waals surface area contributed by atoms with E-state index in [2.05, 4.69) is 24.4 Å². The zero-order chi connectivity index (χ0) is 17.1. The highest BCUT2D eigenvalue weighted by Gasteiger charge is 2.11. The van der Waals surface area contributed by atoms with Crippen molar-refractivity contribution in [2.75, 3.05) is 0 Å². The molecule has 0 aliphatic rings. The van der Waals surface area contributed by atoms with Crippen LogP contribution in [0.5, 0.6) is 5.75 Å². The number of fused-ring (bicyclic) bond motifs is 1. The first kappa shape index (κ1) is 16.3. The second kappa shape index (κ2) is 6.89. The van der Waals surface area contributed by atoms with E-state index in [9.17, 15) is 9.90 Å². The number of hydrogen-bond donors (Lipinski definition) is 2. The van der Waals surface area contributed by atoms with E-state index in [1.807, 2.05) is 31.2 Å². The van der Waals surface area contributed by atoms with Gasteiger partial charge in [0, 0.05) is 30.1 Å². The lowest BCUT2D eigenvalue weighted by Gasteiger charge is -2.15. The number of hydrogen-bond acceptors (Lipinski definition) is 4. The molecule has 4 heteroatoms. The van der Waals surface area contributed by atoms with Crippen LogP contribution in [0.1, 0.15) is 36.6 Å². The summed E-state index contributed by atoms with van der Waals surface area (Å²) in [5, 5.41) is 14.3. The van der Waals surface area contributed by atoms with Crippen LogP contribution in [-0.2, 0) is 13.0 Å². The molecule has 0 bridgehead atoms. The number of aromatic hydroxyl groups is 1. The fourth-order valence-electron chi connectivity index (χ4n) is 2.86. The van der Waals surface area contributed by atoms with Crippen molar-refractivity contribution in [1.29, 1.82) is 0 Å². The third-order valence-electron chi connectivity index (χ3n) is 4.31. The minimum Gasteiger partial charge on any atom is -0.508 e. The van der Waals surface area contributed by atoms with Gasteiger partial charge in [0.05, 0.1) is 0 Å². The van der Waals surface area contributed by atoms with E-state index in [0.29, 0.717) is 18.5 Å². The molecule has 24 heavy (non-hydrogen) atoms. The normalized spacial score (nSPS) is 12.4. The molecule has 0 saturated carbocycles. The van der Waals surface area contributed by atoms with Crippen molar-refractivity contribution in [1.82, 2.24) is 5.32 Å². The summed E-state index contributed by atoms with van der Waals surface area (Å²) in [5.41, 5.74) is 2.92. The summed E-state index contributed by atoms with van der Waals surface area (Å²) in [6.07, 6.45) is 0.716. The molecule has 3 aromatic rings. The van der Waals surface area contributed by atoms with Gasteiger partial charge >= 0.3 is 5.63 Å². The molecule has 0 fully saturated rings. The Hall–Kier alpha value is -2.59. The summed E-state index contributed by atoms with van der Waals surface area (Å²) in [4.78, 5) is 11.8. The van der Waals surface area contributed by atoms with E-state index in [1.54, 1.807) is 0 Å². The van der Waals surface area contributed by atoms with Crippen molar-refractivity contribution in [2.24, 2.45) is 0 Å². The third kappa shape index (κ3) is 3.34. The molecule has 2 aromatic carbocycles. The topological polar surface area (TPSA) is 62.5 Å². The lowest BCUT2D eigenvalue weighted by atomic mass is 10.0. The van der Waals surface area contributed by atoms with Crippen LogP contribution >= 0.6 is 0 Å². The van der Waals surface area contributed by atoms with Crippen LogP contribution in [0.3, 0.4) is 0 Å². The minimum absolute atomic E-state index is 0.163. The number of nitrogens with one attached hydrogen (secondary N) is 1. The molecule has 1 atom stereocenters. The summed E-state index contributed by atoms with van der Waals surface area (Å²) in [7, 11) is 0. The molecule has 2 N–H and O–H groups in total. The maximum atomic E-state index is 11.8. The van der Waals surface area contributed by atoms with E-state index >= 15 is 0 Å². The summed E-state index contributed by atoms with van der Waals surface area (Å²) in [5.74, 6) is 0.163. The van der Waals surface area contributed by atoms with Crippen LogP contribution in [0.4, 0.5) is 0 Å². The molecule has 0 aliphatic heterocycles. The SMILES string of the molecule is CCc1cc2c(CN[C@@H](C)c3ccccc3)cc(=O)oc2cc1O. The highest BCUT2D eigenvalue weighted by molar-refractivity contribution is 5.82. The first-order chi connectivity index (χ1) is 11.6. The van der Waals surface area contributed by atoms with Crippen molar-refractivity contribution < 1.29 is 9.52 Å². The predicted molar refractivity (Wildman–Crippen MR) is 95.2 cm³/mol. The number of benzene rings is 2. The molecule has 0 saturated heterocycles.